The Balaban J connectivity index is 1.77. The van der Waals surface area contributed by atoms with Gasteiger partial charge in [-0.3, -0.25) is 9.59 Å². The van der Waals surface area contributed by atoms with Crippen molar-refractivity contribution in [1.29, 1.82) is 0 Å². The number of nitrogens with one attached hydrogen (secondary N) is 1. The normalized spacial score (nSPS) is 14.0. The number of carbonyl (C=O) groups is 2. The maximum Gasteiger partial charge on any atom is 0.243 e. The van der Waals surface area contributed by atoms with Crippen LogP contribution in [0.3, 0.4) is 0 Å². The molecule has 0 aromatic heterocycles. The molecule has 172 valence electrons. The summed E-state index contributed by atoms with van der Waals surface area (Å²) in [5, 5.41) is 3.60. The zero-order valence-electron chi connectivity index (χ0n) is 18.9. The highest BCUT2D eigenvalue weighted by atomic mass is 35.5. The summed E-state index contributed by atoms with van der Waals surface area (Å²) in [6.45, 7) is 6.40. The molecular formula is C25H31ClN2O4. The second kappa shape index (κ2) is 11.2. The van der Waals surface area contributed by atoms with E-state index in [2.05, 4.69) is 5.32 Å². The molecule has 7 heteroatoms. The van der Waals surface area contributed by atoms with Crippen LogP contribution in [0.5, 0.6) is 11.5 Å². The number of ether oxygens (including phenoxy) is 2. The van der Waals surface area contributed by atoms with E-state index in [-0.39, 0.29) is 37.6 Å². The third-order valence-corrected chi connectivity index (χ3v) is 6.12. The minimum atomic E-state index is -0.565. The summed E-state index contributed by atoms with van der Waals surface area (Å²) < 4.78 is 10.8. The van der Waals surface area contributed by atoms with Gasteiger partial charge >= 0.3 is 0 Å². The van der Waals surface area contributed by atoms with Crippen LogP contribution >= 0.6 is 11.6 Å². The van der Waals surface area contributed by atoms with Gasteiger partial charge in [0.05, 0.1) is 0 Å². The largest absolute Gasteiger partial charge is 0.454 e. The molecule has 2 aromatic rings. The summed E-state index contributed by atoms with van der Waals surface area (Å²) in [5.74, 6) is 1.19. The fourth-order valence-corrected chi connectivity index (χ4v) is 3.86. The van der Waals surface area contributed by atoms with Gasteiger partial charge in [0.1, 0.15) is 6.04 Å². The number of carbonyl (C=O) groups excluding carboxylic acids is 2. The van der Waals surface area contributed by atoms with Crippen LogP contribution in [-0.2, 0) is 22.6 Å². The van der Waals surface area contributed by atoms with Crippen LogP contribution in [0.15, 0.2) is 42.5 Å². The molecule has 0 saturated heterocycles. The molecule has 3 rings (SSSR count). The van der Waals surface area contributed by atoms with Crippen molar-refractivity contribution in [3.63, 3.8) is 0 Å². The number of hydrogen-bond acceptors (Lipinski definition) is 4. The molecule has 0 aliphatic carbocycles. The second-order valence-electron chi connectivity index (χ2n) is 8.04. The molecule has 0 saturated carbocycles. The number of amides is 2. The third kappa shape index (κ3) is 5.94. The van der Waals surface area contributed by atoms with E-state index in [1.165, 1.54) is 0 Å². The molecule has 6 nitrogen and oxygen atoms in total. The van der Waals surface area contributed by atoms with Crippen molar-refractivity contribution in [3.05, 3.63) is 58.6 Å². The van der Waals surface area contributed by atoms with E-state index < -0.39 is 6.04 Å². The van der Waals surface area contributed by atoms with Gasteiger partial charge in [-0.1, -0.05) is 49.7 Å². The highest BCUT2D eigenvalue weighted by Crippen LogP contribution is 2.33. The molecule has 0 spiro atoms. The molecule has 2 aromatic carbocycles. The molecule has 0 radical (unpaired) electrons. The van der Waals surface area contributed by atoms with E-state index in [0.29, 0.717) is 29.4 Å². The Morgan fingerprint density at radius 2 is 1.84 bits per heavy atom. The van der Waals surface area contributed by atoms with Crippen molar-refractivity contribution >= 4 is 23.4 Å². The van der Waals surface area contributed by atoms with Gasteiger partial charge in [0.15, 0.2) is 11.5 Å². The predicted molar refractivity (Wildman–Crippen MR) is 125 cm³/mol. The van der Waals surface area contributed by atoms with Gasteiger partial charge in [0.25, 0.3) is 0 Å². The molecule has 0 bridgehead atoms. The van der Waals surface area contributed by atoms with E-state index in [4.69, 9.17) is 21.1 Å². The first-order valence-electron chi connectivity index (χ1n) is 11.1. The smallest absolute Gasteiger partial charge is 0.243 e. The fourth-order valence-electron chi connectivity index (χ4n) is 3.66. The average molecular weight is 459 g/mol. The summed E-state index contributed by atoms with van der Waals surface area (Å²) >= 11 is 6.37. The minimum absolute atomic E-state index is 0.0439. The van der Waals surface area contributed by atoms with E-state index in [0.717, 1.165) is 17.5 Å². The van der Waals surface area contributed by atoms with Crippen LogP contribution < -0.4 is 14.8 Å². The van der Waals surface area contributed by atoms with Crippen LogP contribution in [0, 0.1) is 0 Å². The lowest BCUT2D eigenvalue weighted by Gasteiger charge is -2.31. The van der Waals surface area contributed by atoms with E-state index >= 15 is 0 Å². The summed E-state index contributed by atoms with van der Waals surface area (Å²) in [4.78, 5) is 28.0. The zero-order chi connectivity index (χ0) is 23.1. The van der Waals surface area contributed by atoms with E-state index in [1.807, 2.05) is 57.2 Å². The minimum Gasteiger partial charge on any atom is -0.454 e. The summed E-state index contributed by atoms with van der Waals surface area (Å²) in [6.07, 6.45) is 2.16. The van der Waals surface area contributed by atoms with Crippen molar-refractivity contribution in [2.24, 2.45) is 0 Å². The van der Waals surface area contributed by atoms with Gasteiger partial charge in [-0.25, -0.2) is 0 Å². The molecule has 32 heavy (non-hydrogen) atoms. The number of hydrogen-bond donors (Lipinski definition) is 1. The van der Waals surface area contributed by atoms with Crippen LogP contribution in [0.4, 0.5) is 0 Å². The van der Waals surface area contributed by atoms with Gasteiger partial charge in [-0.15, -0.1) is 0 Å². The van der Waals surface area contributed by atoms with Gasteiger partial charge < -0.3 is 19.7 Å². The molecule has 1 N–H and O–H groups in total. The lowest BCUT2D eigenvalue weighted by molar-refractivity contribution is -0.141. The number of aryl methyl sites for hydroxylation is 1. The van der Waals surface area contributed by atoms with Gasteiger partial charge in [-0.2, -0.15) is 0 Å². The van der Waals surface area contributed by atoms with Crippen molar-refractivity contribution in [2.45, 2.75) is 65.1 Å². The molecule has 2 amide bonds. The molecule has 1 aliphatic rings. The van der Waals surface area contributed by atoms with Crippen molar-refractivity contribution in [1.82, 2.24) is 10.2 Å². The SMILES string of the molecule is CC[C@@H](C)NC(=O)[C@H](CC)N(Cc1ccccc1Cl)C(=O)CCc1ccc2c(c1)OCO2. The average Bonchev–Trinajstić information content (AvgIpc) is 3.26. The second-order valence-corrected chi connectivity index (χ2v) is 8.45. The Bertz CT molecular complexity index is 949. The van der Waals surface area contributed by atoms with Crippen molar-refractivity contribution in [3.8, 4) is 11.5 Å². The number of benzene rings is 2. The number of fused-ring (bicyclic) bond motifs is 1. The summed E-state index contributed by atoms with van der Waals surface area (Å²) in [5.41, 5.74) is 1.80. The van der Waals surface area contributed by atoms with Crippen LogP contribution in [-0.4, -0.2) is 35.6 Å². The monoisotopic (exact) mass is 458 g/mol. The topological polar surface area (TPSA) is 67.9 Å². The summed E-state index contributed by atoms with van der Waals surface area (Å²) in [7, 11) is 0. The van der Waals surface area contributed by atoms with Gasteiger partial charge in [0, 0.05) is 24.0 Å². The van der Waals surface area contributed by atoms with Gasteiger partial charge in [-0.05, 0) is 55.5 Å². The molecule has 2 atom stereocenters. The molecule has 1 heterocycles. The zero-order valence-corrected chi connectivity index (χ0v) is 19.7. The molecule has 0 fully saturated rings. The maximum atomic E-state index is 13.4. The first-order valence-corrected chi connectivity index (χ1v) is 11.5. The predicted octanol–water partition coefficient (Wildman–Crippen LogP) is 4.72. The Kier molecular flexibility index (Phi) is 8.39. The number of rotatable bonds is 10. The number of nitrogens with zero attached hydrogens (tertiary/aromatic N) is 1. The first kappa shape index (κ1) is 23.9. The highest BCUT2D eigenvalue weighted by molar-refractivity contribution is 6.31. The Morgan fingerprint density at radius 3 is 2.56 bits per heavy atom. The van der Waals surface area contributed by atoms with E-state index in [1.54, 1.807) is 11.0 Å². The standard InChI is InChI=1S/C25H31ClN2O4/c1-4-17(3)27-25(30)21(5-2)28(15-19-8-6-7-9-20(19)26)24(29)13-11-18-10-12-22-23(14-18)32-16-31-22/h6-10,12,14,17,21H,4-5,11,13,15-16H2,1-3H3,(H,27,30)/t17-,21+/m1/s1. The molecule has 0 unspecified atom stereocenters. The van der Waals surface area contributed by atoms with Crippen LogP contribution in [0.2, 0.25) is 5.02 Å². The van der Waals surface area contributed by atoms with Crippen LogP contribution in [0.1, 0.15) is 51.2 Å². The first-order chi connectivity index (χ1) is 15.4. The quantitative estimate of drug-likeness (QED) is 0.559. The fraction of sp³-hybridized carbons (Fsp3) is 0.440. The highest BCUT2D eigenvalue weighted by Gasteiger charge is 2.29. The lowest BCUT2D eigenvalue weighted by atomic mass is 10.1. The Hall–Kier alpha value is -2.73. The Morgan fingerprint density at radius 1 is 1.09 bits per heavy atom. The molecular weight excluding hydrogens is 428 g/mol. The Labute approximate surface area is 194 Å². The van der Waals surface area contributed by atoms with Gasteiger partial charge in [0.2, 0.25) is 18.6 Å². The van der Waals surface area contributed by atoms with Crippen molar-refractivity contribution in [2.75, 3.05) is 6.79 Å². The van der Waals surface area contributed by atoms with Crippen molar-refractivity contribution < 1.29 is 19.1 Å². The molecule has 1 aliphatic heterocycles. The lowest BCUT2D eigenvalue weighted by Crippen LogP contribution is -2.50. The number of halogens is 1. The van der Waals surface area contributed by atoms with E-state index in [9.17, 15) is 9.59 Å². The van der Waals surface area contributed by atoms with Crippen LogP contribution in [0.25, 0.3) is 0 Å². The maximum absolute atomic E-state index is 13.4. The third-order valence-electron chi connectivity index (χ3n) is 5.75. The summed E-state index contributed by atoms with van der Waals surface area (Å²) in [6, 6.07) is 12.6.